The highest BCUT2D eigenvalue weighted by Crippen LogP contribution is 2.15. The maximum atomic E-state index is 11.3. The Balaban J connectivity index is 3.04. The summed E-state index contributed by atoms with van der Waals surface area (Å²) < 4.78 is 4.82. The minimum atomic E-state index is -0.338. The van der Waals surface area contributed by atoms with Gasteiger partial charge in [0, 0.05) is 5.56 Å². The summed E-state index contributed by atoms with van der Waals surface area (Å²) in [6.07, 6.45) is 0.768. The van der Waals surface area contributed by atoms with Crippen LogP contribution in [-0.2, 0) is 16.0 Å². The molecule has 1 aromatic rings. The van der Waals surface area contributed by atoms with Crippen LogP contribution in [0.2, 0.25) is 0 Å². The Kier molecular flexibility index (Phi) is 4.41. The maximum absolute atomic E-state index is 11.3. The molecule has 1 rings (SSSR count). The minimum Gasteiger partial charge on any atom is -0.466 e. The Hall–Kier alpha value is -2.15. The van der Waals surface area contributed by atoms with E-state index in [1.807, 2.05) is 6.07 Å². The van der Waals surface area contributed by atoms with Crippen molar-refractivity contribution in [2.24, 2.45) is 0 Å². The first-order valence-electron chi connectivity index (χ1n) is 5.26. The van der Waals surface area contributed by atoms with E-state index >= 15 is 0 Å². The van der Waals surface area contributed by atoms with Gasteiger partial charge in [-0.3, -0.25) is 9.59 Å². The Labute approximate surface area is 99.8 Å². The summed E-state index contributed by atoms with van der Waals surface area (Å²) >= 11 is 0. The number of benzene rings is 1. The van der Waals surface area contributed by atoms with Gasteiger partial charge in [-0.1, -0.05) is 6.07 Å². The monoisotopic (exact) mass is 231 g/mol. The van der Waals surface area contributed by atoms with E-state index < -0.39 is 0 Å². The third-order valence-electron chi connectivity index (χ3n) is 2.34. The molecule has 0 amide bonds. The molecule has 17 heavy (non-hydrogen) atoms. The molecule has 1 aromatic carbocycles. The van der Waals surface area contributed by atoms with Crippen LogP contribution < -0.4 is 0 Å². The van der Waals surface area contributed by atoms with Crippen LogP contribution in [0.1, 0.15) is 34.0 Å². The molecule has 0 aliphatic rings. The molecule has 0 bridgehead atoms. The van der Waals surface area contributed by atoms with Crippen molar-refractivity contribution in [3.8, 4) is 6.07 Å². The van der Waals surface area contributed by atoms with E-state index in [0.29, 0.717) is 35.1 Å². The van der Waals surface area contributed by atoms with E-state index in [1.165, 1.54) is 0 Å². The van der Waals surface area contributed by atoms with Crippen LogP contribution in [0, 0.1) is 18.3 Å². The highest BCUT2D eigenvalue weighted by Gasteiger charge is 2.10. The van der Waals surface area contributed by atoms with Crippen LogP contribution in [0.25, 0.3) is 0 Å². The molecule has 0 saturated carbocycles. The molecule has 88 valence electrons. The molecule has 0 aromatic heterocycles. The van der Waals surface area contributed by atoms with E-state index in [-0.39, 0.29) is 12.4 Å². The molecule has 0 saturated heterocycles. The number of nitriles is 1. The van der Waals surface area contributed by atoms with Gasteiger partial charge in [0.15, 0.2) is 6.29 Å². The van der Waals surface area contributed by atoms with Crippen molar-refractivity contribution in [2.75, 3.05) is 6.61 Å². The second-order valence-corrected chi connectivity index (χ2v) is 3.59. The molecular weight excluding hydrogens is 218 g/mol. The summed E-state index contributed by atoms with van der Waals surface area (Å²) in [5.41, 5.74) is 2.04. The van der Waals surface area contributed by atoms with Gasteiger partial charge in [0.25, 0.3) is 0 Å². The standard InChI is InChI=1S/C13H13NO3/c1-3-17-13(16)6-10-4-9(2)12(8-15)11(5-10)7-14/h4-5,8H,3,6H2,1-2H3. The van der Waals surface area contributed by atoms with E-state index in [1.54, 1.807) is 26.0 Å². The van der Waals surface area contributed by atoms with Gasteiger partial charge in [-0.25, -0.2) is 0 Å². The average molecular weight is 231 g/mol. The lowest BCUT2D eigenvalue weighted by Crippen LogP contribution is -2.08. The number of ether oxygens (including phenoxy) is 1. The summed E-state index contributed by atoms with van der Waals surface area (Å²) in [4.78, 5) is 22.1. The normalized spacial score (nSPS) is 9.47. The zero-order valence-electron chi connectivity index (χ0n) is 9.82. The second-order valence-electron chi connectivity index (χ2n) is 3.59. The molecule has 4 heteroatoms. The van der Waals surface area contributed by atoms with Crippen LogP contribution >= 0.6 is 0 Å². The summed E-state index contributed by atoms with van der Waals surface area (Å²) in [5, 5.41) is 8.91. The minimum absolute atomic E-state index is 0.114. The van der Waals surface area contributed by atoms with Crippen molar-refractivity contribution in [3.05, 3.63) is 34.4 Å². The number of carbonyl (C=O) groups excluding carboxylic acids is 2. The van der Waals surface area contributed by atoms with Gasteiger partial charge in [0.1, 0.15) is 0 Å². The van der Waals surface area contributed by atoms with Gasteiger partial charge in [-0.15, -0.1) is 0 Å². The highest BCUT2D eigenvalue weighted by atomic mass is 16.5. The van der Waals surface area contributed by atoms with Gasteiger partial charge in [0.2, 0.25) is 0 Å². The number of hydrogen-bond donors (Lipinski definition) is 0. The molecule has 0 unspecified atom stereocenters. The van der Waals surface area contributed by atoms with Crippen LogP contribution in [0.4, 0.5) is 0 Å². The molecule has 0 fully saturated rings. The SMILES string of the molecule is CCOC(=O)Cc1cc(C)c(C=O)c(C#N)c1. The van der Waals surface area contributed by atoms with Gasteiger partial charge < -0.3 is 4.74 Å². The smallest absolute Gasteiger partial charge is 0.310 e. The molecule has 0 atom stereocenters. The molecule has 0 spiro atoms. The van der Waals surface area contributed by atoms with E-state index in [0.717, 1.165) is 0 Å². The Morgan fingerprint density at radius 2 is 2.24 bits per heavy atom. The zero-order chi connectivity index (χ0) is 12.8. The zero-order valence-corrected chi connectivity index (χ0v) is 9.82. The fraction of sp³-hybridized carbons (Fsp3) is 0.308. The van der Waals surface area contributed by atoms with Crippen molar-refractivity contribution < 1.29 is 14.3 Å². The number of aldehydes is 1. The predicted molar refractivity (Wildman–Crippen MR) is 61.6 cm³/mol. The van der Waals surface area contributed by atoms with Crippen molar-refractivity contribution in [3.63, 3.8) is 0 Å². The molecule has 0 aliphatic heterocycles. The number of aryl methyl sites for hydroxylation is 1. The van der Waals surface area contributed by atoms with Gasteiger partial charge >= 0.3 is 5.97 Å². The number of hydrogen-bond acceptors (Lipinski definition) is 4. The van der Waals surface area contributed by atoms with Gasteiger partial charge in [0.05, 0.1) is 24.7 Å². The predicted octanol–water partition coefficient (Wildman–Crippen LogP) is 1.78. The van der Waals surface area contributed by atoms with Gasteiger partial charge in [-0.2, -0.15) is 5.26 Å². The number of rotatable bonds is 4. The van der Waals surface area contributed by atoms with Crippen molar-refractivity contribution >= 4 is 12.3 Å². The van der Waals surface area contributed by atoms with E-state index in [9.17, 15) is 9.59 Å². The molecule has 0 radical (unpaired) electrons. The largest absolute Gasteiger partial charge is 0.466 e. The summed E-state index contributed by atoms with van der Waals surface area (Å²) in [6.45, 7) is 3.80. The first-order chi connectivity index (χ1) is 8.12. The summed E-state index contributed by atoms with van der Waals surface area (Å²) in [7, 11) is 0. The third-order valence-corrected chi connectivity index (χ3v) is 2.34. The summed E-state index contributed by atoms with van der Waals surface area (Å²) in [5.74, 6) is -0.338. The Morgan fingerprint density at radius 1 is 1.53 bits per heavy atom. The van der Waals surface area contributed by atoms with E-state index in [2.05, 4.69) is 0 Å². The van der Waals surface area contributed by atoms with E-state index in [4.69, 9.17) is 10.00 Å². The van der Waals surface area contributed by atoms with Crippen LogP contribution in [0.5, 0.6) is 0 Å². The fourth-order valence-electron chi connectivity index (χ4n) is 1.60. The third kappa shape index (κ3) is 3.15. The number of nitrogens with zero attached hydrogens (tertiary/aromatic N) is 1. The molecule has 0 heterocycles. The second kappa shape index (κ2) is 5.80. The Morgan fingerprint density at radius 3 is 2.76 bits per heavy atom. The van der Waals surface area contributed by atoms with Crippen LogP contribution in [0.3, 0.4) is 0 Å². The molecule has 0 aliphatic carbocycles. The van der Waals surface area contributed by atoms with Crippen molar-refractivity contribution in [1.29, 1.82) is 5.26 Å². The quantitative estimate of drug-likeness (QED) is 0.585. The molecule has 0 N–H and O–H groups in total. The van der Waals surface area contributed by atoms with Crippen molar-refractivity contribution in [2.45, 2.75) is 20.3 Å². The van der Waals surface area contributed by atoms with Crippen molar-refractivity contribution in [1.82, 2.24) is 0 Å². The first kappa shape index (κ1) is 12.9. The van der Waals surface area contributed by atoms with Gasteiger partial charge in [-0.05, 0) is 31.0 Å². The van der Waals surface area contributed by atoms with Crippen LogP contribution in [-0.4, -0.2) is 18.9 Å². The Bertz CT molecular complexity index is 486. The molecular formula is C13H13NO3. The lowest BCUT2D eigenvalue weighted by Gasteiger charge is -2.06. The topological polar surface area (TPSA) is 67.2 Å². The average Bonchev–Trinajstić information content (AvgIpc) is 2.28. The lowest BCUT2D eigenvalue weighted by atomic mass is 9.98. The fourth-order valence-corrected chi connectivity index (χ4v) is 1.60. The maximum Gasteiger partial charge on any atom is 0.310 e. The summed E-state index contributed by atoms with van der Waals surface area (Å²) in [6, 6.07) is 5.22. The number of carbonyl (C=O) groups is 2. The first-order valence-corrected chi connectivity index (χ1v) is 5.26. The lowest BCUT2D eigenvalue weighted by molar-refractivity contribution is -0.142. The molecule has 4 nitrogen and oxygen atoms in total. The highest BCUT2D eigenvalue weighted by molar-refractivity contribution is 5.82. The van der Waals surface area contributed by atoms with Crippen LogP contribution in [0.15, 0.2) is 12.1 Å². The number of esters is 1.